The highest BCUT2D eigenvalue weighted by Gasteiger charge is 2.40. The molecule has 94 valence electrons. The second kappa shape index (κ2) is 4.68. The van der Waals surface area contributed by atoms with Gasteiger partial charge in [0.15, 0.2) is 0 Å². The molecule has 1 fully saturated rings. The Morgan fingerprint density at radius 1 is 1.44 bits per heavy atom. The van der Waals surface area contributed by atoms with Crippen LogP contribution >= 0.6 is 0 Å². The van der Waals surface area contributed by atoms with Crippen molar-refractivity contribution in [2.75, 3.05) is 13.6 Å². The minimum Gasteiger partial charge on any atom is -0.480 e. The van der Waals surface area contributed by atoms with E-state index in [4.69, 9.17) is 5.11 Å². The van der Waals surface area contributed by atoms with Crippen molar-refractivity contribution in [2.24, 2.45) is 0 Å². The Bertz CT molecular complexity index is 362. The zero-order chi connectivity index (χ0) is 12.5. The second-order valence-electron chi connectivity index (χ2n) is 4.29. The Hall–Kier alpha value is -0.660. The lowest BCUT2D eigenvalue weighted by Crippen LogP contribution is -2.47. The van der Waals surface area contributed by atoms with E-state index in [1.165, 1.54) is 11.4 Å². The van der Waals surface area contributed by atoms with E-state index in [9.17, 15) is 13.2 Å². The van der Waals surface area contributed by atoms with E-state index in [1.54, 1.807) is 13.8 Å². The van der Waals surface area contributed by atoms with Gasteiger partial charge in [-0.3, -0.25) is 4.79 Å². The summed E-state index contributed by atoms with van der Waals surface area (Å²) in [6, 6.07) is -0.317. The second-order valence-corrected chi connectivity index (χ2v) is 6.23. The first-order valence-corrected chi connectivity index (χ1v) is 6.63. The maximum Gasteiger partial charge on any atom is 0.318 e. The summed E-state index contributed by atoms with van der Waals surface area (Å²) in [6.07, 6.45) is 1.50. The number of hydrogen-bond donors (Lipinski definition) is 1. The van der Waals surface area contributed by atoms with Gasteiger partial charge in [-0.1, -0.05) is 0 Å². The summed E-state index contributed by atoms with van der Waals surface area (Å²) in [5.41, 5.74) is 0. The quantitative estimate of drug-likeness (QED) is 0.726. The minimum absolute atomic E-state index is 0.137. The van der Waals surface area contributed by atoms with Gasteiger partial charge in [0.05, 0.1) is 0 Å². The van der Waals surface area contributed by atoms with Crippen LogP contribution in [0.5, 0.6) is 0 Å². The third kappa shape index (κ3) is 2.93. The van der Waals surface area contributed by atoms with Gasteiger partial charge in [0, 0.05) is 19.1 Å². The molecule has 0 spiro atoms. The SMILES string of the molecule is CC(C)N(C)S(=O)(=O)N(CC(=O)O)C1CC1. The van der Waals surface area contributed by atoms with Crippen molar-refractivity contribution in [3.8, 4) is 0 Å². The Labute approximate surface area is 96.0 Å². The van der Waals surface area contributed by atoms with Crippen LogP contribution in [0.25, 0.3) is 0 Å². The predicted molar refractivity (Wildman–Crippen MR) is 59.2 cm³/mol. The first-order valence-electron chi connectivity index (χ1n) is 5.23. The Balaban J connectivity index is 2.88. The van der Waals surface area contributed by atoms with Gasteiger partial charge in [0.25, 0.3) is 10.2 Å². The number of carboxylic acid groups (broad SMARTS) is 1. The maximum absolute atomic E-state index is 12.1. The molecule has 6 nitrogen and oxygen atoms in total. The molecule has 0 heterocycles. The van der Waals surface area contributed by atoms with Crippen LogP contribution < -0.4 is 0 Å². The molecule has 0 bridgehead atoms. The van der Waals surface area contributed by atoms with Gasteiger partial charge >= 0.3 is 5.97 Å². The van der Waals surface area contributed by atoms with E-state index < -0.39 is 22.7 Å². The average molecular weight is 250 g/mol. The molecule has 16 heavy (non-hydrogen) atoms. The lowest BCUT2D eigenvalue weighted by Gasteiger charge is -2.28. The standard InChI is InChI=1S/C9H18N2O4S/c1-7(2)10(3)16(14,15)11(6-9(12)13)8-4-5-8/h7-8H,4-6H2,1-3H3,(H,12,13). The summed E-state index contributed by atoms with van der Waals surface area (Å²) in [5.74, 6) is -1.12. The zero-order valence-corrected chi connectivity index (χ0v) is 10.6. The van der Waals surface area contributed by atoms with E-state index in [0.29, 0.717) is 0 Å². The fraction of sp³-hybridized carbons (Fsp3) is 0.889. The molecule has 1 aliphatic carbocycles. The molecule has 0 unspecified atom stereocenters. The lowest BCUT2D eigenvalue weighted by molar-refractivity contribution is -0.137. The van der Waals surface area contributed by atoms with E-state index in [2.05, 4.69) is 0 Å². The Morgan fingerprint density at radius 2 is 1.94 bits per heavy atom. The Kier molecular flexibility index (Phi) is 3.92. The van der Waals surface area contributed by atoms with Crippen molar-refractivity contribution in [2.45, 2.75) is 38.8 Å². The molecule has 0 amide bonds. The molecule has 0 aromatic heterocycles. The highest BCUT2D eigenvalue weighted by molar-refractivity contribution is 7.86. The van der Waals surface area contributed by atoms with Crippen LogP contribution in [0.15, 0.2) is 0 Å². The molecule has 1 rings (SSSR count). The number of aliphatic carboxylic acids is 1. The van der Waals surface area contributed by atoms with Crippen molar-refractivity contribution in [1.29, 1.82) is 0 Å². The van der Waals surface area contributed by atoms with Crippen LogP contribution in [-0.4, -0.2) is 53.8 Å². The number of rotatable bonds is 6. The van der Waals surface area contributed by atoms with Crippen LogP contribution in [0.3, 0.4) is 0 Å². The summed E-state index contributed by atoms with van der Waals surface area (Å²) < 4.78 is 26.4. The molecular formula is C9H18N2O4S. The number of nitrogens with zero attached hydrogens (tertiary/aromatic N) is 2. The first kappa shape index (κ1) is 13.4. The summed E-state index contributed by atoms with van der Waals surface area (Å²) in [6.45, 7) is 3.05. The fourth-order valence-corrected chi connectivity index (χ4v) is 3.05. The molecule has 1 aliphatic rings. The van der Waals surface area contributed by atoms with Gasteiger partial charge in [0.1, 0.15) is 6.54 Å². The third-order valence-corrected chi connectivity index (χ3v) is 4.80. The van der Waals surface area contributed by atoms with E-state index in [1.807, 2.05) is 0 Å². The highest BCUT2D eigenvalue weighted by Crippen LogP contribution is 2.30. The van der Waals surface area contributed by atoms with Crippen molar-refractivity contribution in [3.63, 3.8) is 0 Å². The van der Waals surface area contributed by atoms with Crippen LogP contribution in [0, 0.1) is 0 Å². The number of carboxylic acids is 1. The van der Waals surface area contributed by atoms with Gasteiger partial charge in [-0.05, 0) is 26.7 Å². The van der Waals surface area contributed by atoms with Gasteiger partial charge in [-0.2, -0.15) is 17.0 Å². The summed E-state index contributed by atoms with van der Waals surface area (Å²) in [7, 11) is -2.18. The van der Waals surface area contributed by atoms with Crippen molar-refractivity contribution < 1.29 is 18.3 Å². The summed E-state index contributed by atoms with van der Waals surface area (Å²) in [4.78, 5) is 10.7. The van der Waals surface area contributed by atoms with Crippen LogP contribution in [0.2, 0.25) is 0 Å². The van der Waals surface area contributed by atoms with Gasteiger partial charge in [0.2, 0.25) is 0 Å². The van der Waals surface area contributed by atoms with E-state index >= 15 is 0 Å². The minimum atomic E-state index is -3.65. The number of hydrogen-bond acceptors (Lipinski definition) is 3. The fourth-order valence-electron chi connectivity index (χ4n) is 1.33. The van der Waals surface area contributed by atoms with Crippen LogP contribution in [0.1, 0.15) is 26.7 Å². The molecule has 0 saturated heterocycles. The smallest absolute Gasteiger partial charge is 0.318 e. The largest absolute Gasteiger partial charge is 0.480 e. The molecular weight excluding hydrogens is 232 g/mol. The maximum atomic E-state index is 12.1. The number of carbonyl (C=O) groups is 1. The van der Waals surface area contributed by atoms with Crippen molar-refractivity contribution >= 4 is 16.2 Å². The third-order valence-electron chi connectivity index (χ3n) is 2.63. The molecule has 0 radical (unpaired) electrons. The molecule has 0 atom stereocenters. The predicted octanol–water partition coefficient (Wildman–Crippen LogP) is 0.120. The monoisotopic (exact) mass is 250 g/mol. The first-order chi connectivity index (χ1) is 7.26. The summed E-state index contributed by atoms with van der Waals surface area (Å²) in [5, 5.41) is 8.72. The molecule has 1 N–H and O–H groups in total. The van der Waals surface area contributed by atoms with Crippen molar-refractivity contribution in [1.82, 2.24) is 8.61 Å². The van der Waals surface area contributed by atoms with E-state index in [0.717, 1.165) is 17.1 Å². The molecule has 0 aliphatic heterocycles. The molecule has 0 aromatic rings. The summed E-state index contributed by atoms with van der Waals surface area (Å²) >= 11 is 0. The van der Waals surface area contributed by atoms with Gasteiger partial charge in [-0.25, -0.2) is 0 Å². The normalized spacial score (nSPS) is 17.4. The van der Waals surface area contributed by atoms with Gasteiger partial charge in [-0.15, -0.1) is 0 Å². The molecule has 0 aromatic carbocycles. The lowest BCUT2D eigenvalue weighted by atomic mass is 10.4. The molecule has 7 heteroatoms. The highest BCUT2D eigenvalue weighted by atomic mass is 32.2. The van der Waals surface area contributed by atoms with E-state index in [-0.39, 0.29) is 12.1 Å². The average Bonchev–Trinajstić information content (AvgIpc) is 2.95. The van der Waals surface area contributed by atoms with Crippen LogP contribution in [0.4, 0.5) is 0 Å². The zero-order valence-electron chi connectivity index (χ0n) is 9.75. The van der Waals surface area contributed by atoms with Crippen molar-refractivity contribution in [3.05, 3.63) is 0 Å². The topological polar surface area (TPSA) is 77.9 Å². The Morgan fingerprint density at radius 3 is 2.25 bits per heavy atom. The van der Waals surface area contributed by atoms with Crippen LogP contribution in [-0.2, 0) is 15.0 Å². The van der Waals surface area contributed by atoms with Gasteiger partial charge < -0.3 is 5.11 Å². The molecule has 1 saturated carbocycles.